The Hall–Kier alpha value is -3.84. The van der Waals surface area contributed by atoms with Crippen LogP contribution < -0.4 is 9.47 Å². The van der Waals surface area contributed by atoms with Gasteiger partial charge in [0.1, 0.15) is 7.05 Å². The maximum absolute atomic E-state index is 5.55. The predicted molar refractivity (Wildman–Crippen MR) is 172 cm³/mol. The van der Waals surface area contributed by atoms with Crippen LogP contribution >= 0.6 is 11.8 Å². The normalized spacial score (nSPS) is 16.9. The average molecular weight is 560 g/mol. The molecule has 0 radical (unpaired) electrons. The third-order valence-corrected chi connectivity index (χ3v) is 9.31. The van der Waals surface area contributed by atoms with E-state index in [1.807, 2.05) is 11.8 Å². The Balaban J connectivity index is 1.24. The molecule has 7 rings (SSSR count). The number of para-hydroxylation sites is 3. The van der Waals surface area contributed by atoms with Crippen LogP contribution in [0.5, 0.6) is 0 Å². The number of nitrogens with zero attached hydrogens (tertiary/aromatic N) is 3. The van der Waals surface area contributed by atoms with Gasteiger partial charge in [0.05, 0.1) is 29.3 Å². The molecule has 1 saturated heterocycles. The zero-order chi connectivity index (χ0) is 27.6. The van der Waals surface area contributed by atoms with E-state index in [-0.39, 0.29) is 0 Å². The molecular formula is C35H35N4OS+. The van der Waals surface area contributed by atoms with Gasteiger partial charge in [-0.05, 0) is 54.0 Å². The molecule has 4 heterocycles. The van der Waals surface area contributed by atoms with Crippen LogP contribution in [0.2, 0.25) is 0 Å². The summed E-state index contributed by atoms with van der Waals surface area (Å²) in [5.41, 5.74) is 7.30. The molecule has 3 aromatic carbocycles. The molecule has 5 aromatic rings. The summed E-state index contributed by atoms with van der Waals surface area (Å²) in [6, 6.07) is 28.3. The van der Waals surface area contributed by atoms with Crippen LogP contribution in [0.25, 0.3) is 40.0 Å². The minimum atomic E-state index is 0.850. The van der Waals surface area contributed by atoms with Crippen LogP contribution in [0.15, 0.2) is 95.0 Å². The van der Waals surface area contributed by atoms with E-state index in [0.29, 0.717) is 0 Å². The van der Waals surface area contributed by atoms with Gasteiger partial charge in [-0.2, -0.15) is 4.57 Å². The fourth-order valence-electron chi connectivity index (χ4n) is 5.97. The van der Waals surface area contributed by atoms with Crippen LogP contribution in [-0.4, -0.2) is 49.3 Å². The number of hydrogen-bond donors (Lipinski definition) is 1. The van der Waals surface area contributed by atoms with E-state index >= 15 is 0 Å². The van der Waals surface area contributed by atoms with E-state index in [0.717, 1.165) is 51.3 Å². The number of H-pyrrole nitrogens is 1. The Morgan fingerprint density at radius 2 is 1.66 bits per heavy atom. The van der Waals surface area contributed by atoms with Crippen molar-refractivity contribution < 1.29 is 9.30 Å². The zero-order valence-electron chi connectivity index (χ0n) is 23.4. The van der Waals surface area contributed by atoms with Gasteiger partial charge in [0, 0.05) is 66.4 Å². The zero-order valence-corrected chi connectivity index (χ0v) is 24.2. The summed E-state index contributed by atoms with van der Waals surface area (Å²) in [5, 5.41) is 3.79. The van der Waals surface area contributed by atoms with E-state index < -0.39 is 0 Å². The monoisotopic (exact) mass is 559 g/mol. The highest BCUT2D eigenvalue weighted by molar-refractivity contribution is 8.03. The van der Waals surface area contributed by atoms with E-state index in [9.17, 15) is 0 Å². The van der Waals surface area contributed by atoms with E-state index in [1.54, 1.807) is 0 Å². The highest BCUT2D eigenvalue weighted by atomic mass is 32.2. The summed E-state index contributed by atoms with van der Waals surface area (Å²) in [5.74, 6) is 0. The largest absolute Gasteiger partial charge is 0.379 e. The number of aromatic amines is 1. The minimum absolute atomic E-state index is 0.850. The van der Waals surface area contributed by atoms with Crippen molar-refractivity contribution in [3.63, 3.8) is 0 Å². The number of anilines is 1. The Kier molecular flexibility index (Phi) is 7.36. The summed E-state index contributed by atoms with van der Waals surface area (Å²) in [7, 11) is 2.16. The molecule has 1 fully saturated rings. The lowest BCUT2D eigenvalue weighted by molar-refractivity contribution is -0.646. The molecule has 1 N–H and O–H groups in total. The first-order valence-electron chi connectivity index (χ1n) is 14.5. The van der Waals surface area contributed by atoms with Gasteiger partial charge >= 0.3 is 0 Å². The van der Waals surface area contributed by atoms with Crippen molar-refractivity contribution in [2.75, 3.05) is 44.3 Å². The Morgan fingerprint density at radius 1 is 0.878 bits per heavy atom. The molecule has 0 unspecified atom stereocenters. The molecule has 41 heavy (non-hydrogen) atoms. The third-order valence-electron chi connectivity index (χ3n) is 8.20. The highest BCUT2D eigenvalue weighted by Gasteiger charge is 2.26. The quantitative estimate of drug-likeness (QED) is 0.219. The molecule has 0 bridgehead atoms. The number of nitrogens with one attached hydrogen (secondary N) is 1. The maximum atomic E-state index is 5.55. The van der Waals surface area contributed by atoms with Gasteiger partial charge in [-0.25, -0.2) is 0 Å². The van der Waals surface area contributed by atoms with Crippen molar-refractivity contribution in [2.45, 2.75) is 11.3 Å². The average Bonchev–Trinajstić information content (AvgIpc) is 3.59. The van der Waals surface area contributed by atoms with Crippen molar-refractivity contribution in [3.8, 4) is 0 Å². The fraction of sp³-hybridized carbons (Fsp3) is 0.229. The SMILES string of the molecule is C[n+]1c(/C=C/c2c[nH]c3ccccc23)cc(/C=C2\Sc3ccccc3N2CCCN2CCOCC2)c2ccccc21. The summed E-state index contributed by atoms with van der Waals surface area (Å²) in [6.45, 7) is 5.88. The van der Waals surface area contributed by atoms with Crippen LogP contribution in [-0.2, 0) is 11.8 Å². The second kappa shape index (κ2) is 11.6. The number of hydrogen-bond acceptors (Lipinski definition) is 4. The first-order valence-corrected chi connectivity index (χ1v) is 15.3. The fourth-order valence-corrected chi connectivity index (χ4v) is 7.11. The van der Waals surface area contributed by atoms with Gasteiger partial charge < -0.3 is 14.6 Å². The number of morpholine rings is 1. The molecule has 0 saturated carbocycles. The van der Waals surface area contributed by atoms with Crippen molar-refractivity contribution >= 4 is 57.5 Å². The molecule has 5 nitrogen and oxygen atoms in total. The number of aryl methyl sites for hydroxylation is 1. The molecule has 0 aliphatic carbocycles. The molecule has 206 valence electrons. The number of ether oxygens (including phenoxy) is 1. The third kappa shape index (κ3) is 5.31. The summed E-state index contributed by atoms with van der Waals surface area (Å²) >= 11 is 1.88. The van der Waals surface area contributed by atoms with E-state index in [1.165, 1.54) is 48.7 Å². The van der Waals surface area contributed by atoms with Gasteiger partial charge in [-0.15, -0.1) is 0 Å². The minimum Gasteiger partial charge on any atom is -0.379 e. The van der Waals surface area contributed by atoms with Crippen LogP contribution in [0.4, 0.5) is 5.69 Å². The highest BCUT2D eigenvalue weighted by Crippen LogP contribution is 2.46. The lowest BCUT2D eigenvalue weighted by Crippen LogP contribution is -2.37. The van der Waals surface area contributed by atoms with Crippen molar-refractivity contribution in [1.29, 1.82) is 0 Å². The lowest BCUT2D eigenvalue weighted by Gasteiger charge is -2.28. The molecule has 0 amide bonds. The predicted octanol–water partition coefficient (Wildman–Crippen LogP) is 6.95. The number of benzene rings is 3. The van der Waals surface area contributed by atoms with Crippen molar-refractivity contribution in [1.82, 2.24) is 9.88 Å². The number of thioether (sulfide) groups is 1. The number of fused-ring (bicyclic) bond motifs is 3. The van der Waals surface area contributed by atoms with Crippen molar-refractivity contribution in [3.05, 3.63) is 107 Å². The second-order valence-electron chi connectivity index (χ2n) is 10.7. The molecular weight excluding hydrogens is 524 g/mol. The standard InChI is InChI=1S/C35H34N4OS/c1-37-28(16-15-26-25-36-31-11-4-2-9-29(26)31)23-27(30-10-3-5-12-32(30)37)24-35-39(33-13-6-7-14-34(33)41-35)18-8-17-38-19-21-40-22-20-38/h2-7,9-16,23-25H,8,17-22H2,1H3/p+1/b35-24-. The lowest BCUT2D eigenvalue weighted by atomic mass is 10.1. The first-order chi connectivity index (χ1) is 20.2. The van der Waals surface area contributed by atoms with Crippen LogP contribution in [0, 0.1) is 0 Å². The Labute approximate surface area is 245 Å². The molecule has 0 spiro atoms. The molecule has 6 heteroatoms. The Bertz CT molecular complexity index is 1770. The topological polar surface area (TPSA) is 35.4 Å². The molecule has 2 aromatic heterocycles. The van der Waals surface area contributed by atoms with Gasteiger partial charge in [-0.1, -0.05) is 54.2 Å². The summed E-state index contributed by atoms with van der Waals surface area (Å²) in [6.07, 6.45) is 10.1. The molecule has 2 aliphatic rings. The van der Waals surface area contributed by atoms with Gasteiger partial charge in [0.2, 0.25) is 11.2 Å². The number of pyridine rings is 1. The van der Waals surface area contributed by atoms with Crippen molar-refractivity contribution in [2.24, 2.45) is 7.05 Å². The Morgan fingerprint density at radius 3 is 2.56 bits per heavy atom. The van der Waals surface area contributed by atoms with Gasteiger partial charge in [0.25, 0.3) is 0 Å². The first kappa shape index (κ1) is 26.1. The van der Waals surface area contributed by atoms with Crippen LogP contribution in [0.3, 0.4) is 0 Å². The summed E-state index contributed by atoms with van der Waals surface area (Å²) in [4.78, 5) is 9.77. The molecule has 2 aliphatic heterocycles. The van der Waals surface area contributed by atoms with Crippen LogP contribution in [0.1, 0.15) is 23.2 Å². The van der Waals surface area contributed by atoms with E-state index in [2.05, 4.69) is 130 Å². The maximum Gasteiger partial charge on any atom is 0.213 e. The van der Waals surface area contributed by atoms with E-state index in [4.69, 9.17) is 4.74 Å². The smallest absolute Gasteiger partial charge is 0.213 e. The second-order valence-corrected chi connectivity index (χ2v) is 11.8. The number of rotatable bonds is 7. The van der Waals surface area contributed by atoms with Gasteiger partial charge in [-0.3, -0.25) is 4.90 Å². The number of aromatic nitrogens is 2. The summed E-state index contributed by atoms with van der Waals surface area (Å²) < 4.78 is 7.84. The molecule has 0 atom stereocenters. The van der Waals surface area contributed by atoms with Gasteiger partial charge in [0.15, 0.2) is 0 Å².